The zero-order chi connectivity index (χ0) is 23.8. The standard InChI is InChI=1S/C27H25NO4S2/c1-30-23-10-5-6-11-24(23)32-17-7-16-31-22-14-12-20(13-15-22)18-25-26(29)28(27(33)34-25)19-21-8-3-2-4-9-21/h2-6,8-15,18H,7,16-17,19H2,1H3. The van der Waals surface area contributed by atoms with Gasteiger partial charge in [-0.1, -0.05) is 78.6 Å². The van der Waals surface area contributed by atoms with Crippen LogP contribution in [-0.4, -0.2) is 35.5 Å². The van der Waals surface area contributed by atoms with Crippen LogP contribution in [0.2, 0.25) is 0 Å². The molecule has 1 aliphatic rings. The number of hydrogen-bond acceptors (Lipinski definition) is 6. The zero-order valence-corrected chi connectivity index (χ0v) is 20.4. The van der Waals surface area contributed by atoms with Crippen molar-refractivity contribution in [2.24, 2.45) is 0 Å². The summed E-state index contributed by atoms with van der Waals surface area (Å²) in [6.07, 6.45) is 2.61. The summed E-state index contributed by atoms with van der Waals surface area (Å²) in [7, 11) is 1.63. The van der Waals surface area contributed by atoms with Gasteiger partial charge in [0.05, 0.1) is 31.8 Å². The van der Waals surface area contributed by atoms with Gasteiger partial charge in [-0.2, -0.15) is 0 Å². The van der Waals surface area contributed by atoms with E-state index in [2.05, 4.69) is 0 Å². The summed E-state index contributed by atoms with van der Waals surface area (Å²) in [5.74, 6) is 2.15. The molecule has 1 fully saturated rings. The lowest BCUT2D eigenvalue weighted by atomic mass is 10.2. The molecule has 0 aromatic heterocycles. The zero-order valence-electron chi connectivity index (χ0n) is 18.8. The molecule has 1 aliphatic heterocycles. The monoisotopic (exact) mass is 491 g/mol. The number of rotatable bonds is 10. The molecule has 3 aromatic rings. The average Bonchev–Trinajstić information content (AvgIpc) is 3.13. The molecule has 0 atom stereocenters. The van der Waals surface area contributed by atoms with Gasteiger partial charge < -0.3 is 14.2 Å². The highest BCUT2D eigenvalue weighted by Crippen LogP contribution is 2.34. The molecule has 0 unspecified atom stereocenters. The highest BCUT2D eigenvalue weighted by molar-refractivity contribution is 8.26. The highest BCUT2D eigenvalue weighted by Gasteiger charge is 2.31. The van der Waals surface area contributed by atoms with Crippen LogP contribution in [0.15, 0.2) is 83.8 Å². The molecule has 0 aliphatic carbocycles. The molecule has 0 bridgehead atoms. The third-order valence-corrected chi connectivity index (χ3v) is 6.50. The van der Waals surface area contributed by atoms with Gasteiger partial charge in [0.25, 0.3) is 5.91 Å². The third-order valence-electron chi connectivity index (χ3n) is 5.12. The second kappa shape index (κ2) is 11.7. The first kappa shape index (κ1) is 23.9. The van der Waals surface area contributed by atoms with Crippen LogP contribution >= 0.6 is 24.0 Å². The number of thiocarbonyl (C=S) groups is 1. The van der Waals surface area contributed by atoms with E-state index in [4.69, 9.17) is 26.4 Å². The van der Waals surface area contributed by atoms with Gasteiger partial charge in [0.1, 0.15) is 10.1 Å². The third kappa shape index (κ3) is 6.18. The van der Waals surface area contributed by atoms with E-state index in [0.29, 0.717) is 29.0 Å². The topological polar surface area (TPSA) is 48.0 Å². The van der Waals surface area contributed by atoms with Crippen molar-refractivity contribution in [2.75, 3.05) is 20.3 Å². The van der Waals surface area contributed by atoms with Crippen LogP contribution in [0.25, 0.3) is 6.08 Å². The van der Waals surface area contributed by atoms with E-state index in [1.165, 1.54) is 11.8 Å². The number of methoxy groups -OCH3 is 1. The SMILES string of the molecule is COc1ccccc1OCCCOc1ccc(C=C2SC(=S)N(Cc3ccccc3)C2=O)cc1. The summed E-state index contributed by atoms with van der Waals surface area (Å²) in [6.45, 7) is 1.55. The van der Waals surface area contributed by atoms with Crippen molar-refractivity contribution in [3.8, 4) is 17.2 Å². The molecule has 5 nitrogen and oxygen atoms in total. The van der Waals surface area contributed by atoms with Crippen molar-refractivity contribution in [1.29, 1.82) is 0 Å². The lowest BCUT2D eigenvalue weighted by molar-refractivity contribution is -0.122. The van der Waals surface area contributed by atoms with E-state index in [1.54, 1.807) is 12.0 Å². The molecule has 4 rings (SSSR count). The Hall–Kier alpha value is -3.29. The molecule has 174 valence electrons. The number of benzene rings is 3. The predicted octanol–water partition coefficient (Wildman–Crippen LogP) is 5.94. The van der Waals surface area contributed by atoms with Crippen LogP contribution in [-0.2, 0) is 11.3 Å². The van der Waals surface area contributed by atoms with Gasteiger partial charge in [-0.25, -0.2) is 0 Å². The summed E-state index contributed by atoms with van der Waals surface area (Å²) < 4.78 is 17.4. The first-order valence-corrected chi connectivity index (χ1v) is 12.1. The molecular weight excluding hydrogens is 466 g/mol. The van der Waals surface area contributed by atoms with Crippen LogP contribution in [0.1, 0.15) is 17.5 Å². The summed E-state index contributed by atoms with van der Waals surface area (Å²) in [5.41, 5.74) is 1.97. The van der Waals surface area contributed by atoms with Gasteiger partial charge in [0.15, 0.2) is 11.5 Å². The second-order valence-electron chi connectivity index (χ2n) is 7.52. The van der Waals surface area contributed by atoms with Crippen molar-refractivity contribution in [1.82, 2.24) is 4.90 Å². The van der Waals surface area contributed by atoms with E-state index < -0.39 is 0 Å². The van der Waals surface area contributed by atoms with Crippen molar-refractivity contribution >= 4 is 40.3 Å². The van der Waals surface area contributed by atoms with Crippen LogP contribution in [0, 0.1) is 0 Å². The smallest absolute Gasteiger partial charge is 0.266 e. The van der Waals surface area contributed by atoms with Gasteiger partial charge >= 0.3 is 0 Å². The van der Waals surface area contributed by atoms with Gasteiger partial charge in [-0.05, 0) is 41.5 Å². The van der Waals surface area contributed by atoms with Crippen LogP contribution in [0.3, 0.4) is 0 Å². The quantitative estimate of drug-likeness (QED) is 0.199. The lowest BCUT2D eigenvalue weighted by Gasteiger charge is -2.14. The number of carbonyl (C=O) groups is 1. The van der Waals surface area contributed by atoms with E-state index >= 15 is 0 Å². The Morgan fingerprint density at radius 3 is 2.29 bits per heavy atom. The number of ether oxygens (including phenoxy) is 3. The summed E-state index contributed by atoms with van der Waals surface area (Å²) in [6, 6.07) is 25.1. The van der Waals surface area contributed by atoms with E-state index in [-0.39, 0.29) is 5.91 Å². The number of para-hydroxylation sites is 2. The fourth-order valence-electron chi connectivity index (χ4n) is 3.38. The minimum Gasteiger partial charge on any atom is -0.493 e. The molecule has 0 spiro atoms. The number of thioether (sulfide) groups is 1. The molecule has 3 aromatic carbocycles. The van der Waals surface area contributed by atoms with Gasteiger partial charge in [-0.15, -0.1) is 0 Å². The Bertz CT molecular complexity index is 1160. The average molecular weight is 492 g/mol. The molecule has 0 radical (unpaired) electrons. The van der Waals surface area contributed by atoms with Gasteiger partial charge in [0.2, 0.25) is 0 Å². The normalized spacial score (nSPS) is 14.5. The minimum absolute atomic E-state index is 0.0609. The lowest BCUT2D eigenvalue weighted by Crippen LogP contribution is -2.27. The fourth-order valence-corrected chi connectivity index (χ4v) is 4.64. The maximum Gasteiger partial charge on any atom is 0.266 e. The van der Waals surface area contributed by atoms with Crippen LogP contribution in [0.4, 0.5) is 0 Å². The van der Waals surface area contributed by atoms with E-state index in [0.717, 1.165) is 34.8 Å². The Morgan fingerprint density at radius 1 is 0.882 bits per heavy atom. The maximum absolute atomic E-state index is 12.8. The van der Waals surface area contributed by atoms with Crippen LogP contribution in [0.5, 0.6) is 17.2 Å². The summed E-state index contributed by atoms with van der Waals surface area (Å²) in [5, 5.41) is 0. The molecule has 1 amide bonds. The Kier molecular flexibility index (Phi) is 8.22. The molecule has 1 saturated heterocycles. The van der Waals surface area contributed by atoms with E-state index in [9.17, 15) is 4.79 Å². The number of hydrogen-bond donors (Lipinski definition) is 0. The fraction of sp³-hybridized carbons (Fsp3) is 0.185. The Labute approximate surface area is 209 Å². The molecule has 0 N–H and O–H groups in total. The Balaban J connectivity index is 1.26. The maximum atomic E-state index is 12.8. The molecule has 34 heavy (non-hydrogen) atoms. The van der Waals surface area contributed by atoms with Crippen LogP contribution < -0.4 is 14.2 Å². The Morgan fingerprint density at radius 2 is 1.56 bits per heavy atom. The largest absolute Gasteiger partial charge is 0.493 e. The molecule has 7 heteroatoms. The van der Waals surface area contributed by atoms with Gasteiger partial charge in [-0.3, -0.25) is 9.69 Å². The van der Waals surface area contributed by atoms with Crippen molar-refractivity contribution in [3.63, 3.8) is 0 Å². The summed E-state index contributed by atoms with van der Waals surface area (Å²) in [4.78, 5) is 15.1. The molecular formula is C27H25NO4S2. The van der Waals surface area contributed by atoms with Crippen molar-refractivity contribution in [3.05, 3.63) is 94.9 Å². The number of nitrogens with zero attached hydrogens (tertiary/aromatic N) is 1. The first-order valence-electron chi connectivity index (χ1n) is 10.9. The predicted molar refractivity (Wildman–Crippen MR) is 140 cm³/mol. The molecule has 0 saturated carbocycles. The number of carbonyl (C=O) groups excluding carboxylic acids is 1. The minimum atomic E-state index is -0.0609. The first-order chi connectivity index (χ1) is 16.6. The van der Waals surface area contributed by atoms with E-state index in [1.807, 2.05) is 84.9 Å². The highest BCUT2D eigenvalue weighted by atomic mass is 32.2. The molecule has 1 heterocycles. The van der Waals surface area contributed by atoms with Crippen molar-refractivity contribution in [2.45, 2.75) is 13.0 Å². The summed E-state index contributed by atoms with van der Waals surface area (Å²) >= 11 is 6.77. The van der Waals surface area contributed by atoms with Gasteiger partial charge in [0, 0.05) is 6.42 Å². The van der Waals surface area contributed by atoms with Crippen molar-refractivity contribution < 1.29 is 19.0 Å². The second-order valence-corrected chi connectivity index (χ2v) is 9.20. The number of amides is 1.